The van der Waals surface area contributed by atoms with Crippen LogP contribution in [0.1, 0.15) is 142 Å². The van der Waals surface area contributed by atoms with E-state index in [0.717, 1.165) is 49.6 Å². The number of phosphoric ester groups is 1. The molecule has 0 unspecified atom stereocenters. The largest absolute Gasteiger partial charge is 0.469 e. The minimum Gasteiger partial charge on any atom is -0.462 e. The average Bonchev–Trinajstić information content (AvgIpc) is 2.92. The minimum atomic E-state index is -4.72. The number of unbranched alkanes of at least 4 members (excludes halogenated alkanes) is 16. The Balaban J connectivity index is 0. The van der Waals surface area contributed by atoms with E-state index in [4.69, 9.17) is 24.4 Å². The van der Waals surface area contributed by atoms with Crippen LogP contribution in [0.4, 0.5) is 0 Å². The minimum absolute atomic E-state index is 0.217. The van der Waals surface area contributed by atoms with Crippen LogP contribution in [0.25, 0.3) is 0 Å². The Morgan fingerprint density at radius 3 is 1.40 bits per heavy atom. The number of phosphoric acid groups is 1. The maximum atomic E-state index is 12.2. The van der Waals surface area contributed by atoms with Crippen LogP contribution >= 0.6 is 7.82 Å². The van der Waals surface area contributed by atoms with Gasteiger partial charge >= 0.3 is 19.8 Å². The Bertz CT molecular complexity index is 695. The molecule has 43 heavy (non-hydrogen) atoms. The van der Waals surface area contributed by atoms with Gasteiger partial charge in [-0.2, -0.15) is 0 Å². The number of hydrogen-bond donors (Lipinski definition) is 3. The summed E-state index contributed by atoms with van der Waals surface area (Å²) >= 11 is 0. The lowest BCUT2D eigenvalue weighted by Gasteiger charge is -2.21. The Kier molecular flexibility index (Phi) is 30.4. The molecule has 0 spiro atoms. The van der Waals surface area contributed by atoms with Crippen LogP contribution in [-0.2, 0) is 28.2 Å². The van der Waals surface area contributed by atoms with Crippen molar-refractivity contribution in [3.63, 3.8) is 0 Å². The predicted octanol–water partition coefficient (Wildman–Crippen LogP) is 7.08. The summed E-state index contributed by atoms with van der Waals surface area (Å²) in [7, 11) is 1.43. The first-order valence-electron chi connectivity index (χ1n) is 16.8. The quantitative estimate of drug-likeness (QED) is 0.0354. The Morgan fingerprint density at radius 2 is 1.05 bits per heavy atom. The number of hydrogen-bond acceptors (Lipinski definition) is 7. The summed E-state index contributed by atoms with van der Waals surface area (Å²) in [6.07, 6.45) is 19.9. The molecule has 0 aromatic carbocycles. The molecule has 0 aromatic heterocycles. The lowest BCUT2D eigenvalue weighted by atomic mass is 10.1. The van der Waals surface area contributed by atoms with E-state index in [9.17, 15) is 14.2 Å². The van der Waals surface area contributed by atoms with E-state index in [2.05, 4.69) is 39.5 Å². The molecule has 10 nitrogen and oxygen atoms in total. The van der Waals surface area contributed by atoms with Crippen LogP contribution in [0.3, 0.4) is 0 Å². The van der Waals surface area contributed by atoms with Gasteiger partial charge in [-0.25, -0.2) is 4.57 Å². The highest BCUT2D eigenvalue weighted by molar-refractivity contribution is 7.46. The molecule has 0 rings (SSSR count). The fourth-order valence-electron chi connectivity index (χ4n) is 4.26. The lowest BCUT2D eigenvalue weighted by molar-refractivity contribution is -0.870. The molecule has 0 aliphatic rings. The van der Waals surface area contributed by atoms with Crippen LogP contribution in [0, 0.1) is 0 Å². The first-order chi connectivity index (χ1) is 20.3. The highest BCUT2D eigenvalue weighted by Crippen LogP contribution is 2.35. The fourth-order valence-corrected chi connectivity index (χ4v) is 4.62. The van der Waals surface area contributed by atoms with Gasteiger partial charge in [-0.15, -0.1) is 0 Å². The summed E-state index contributed by atoms with van der Waals surface area (Å²) in [5.41, 5.74) is 0. The second-order valence-corrected chi connectivity index (χ2v) is 13.7. The van der Waals surface area contributed by atoms with E-state index in [1.54, 1.807) is 0 Å². The monoisotopic (exact) mass is 640 g/mol. The number of nitrogens with zero attached hydrogens (tertiary/aromatic N) is 1. The second-order valence-electron chi connectivity index (χ2n) is 12.5. The fraction of sp³-hybridized carbons (Fsp3) is 0.938. The number of aliphatic hydroxyl groups is 1. The smallest absolute Gasteiger partial charge is 0.462 e. The lowest BCUT2D eigenvalue weighted by Crippen LogP contribution is -2.36. The summed E-state index contributed by atoms with van der Waals surface area (Å²) in [6, 6.07) is 0. The first kappa shape index (κ1) is 44.1. The second kappa shape index (κ2) is 29.7. The zero-order valence-electron chi connectivity index (χ0n) is 28.2. The van der Waals surface area contributed by atoms with E-state index in [0.29, 0.717) is 6.42 Å². The zero-order valence-corrected chi connectivity index (χ0v) is 29.1. The topological polar surface area (TPSA) is 140 Å². The van der Waals surface area contributed by atoms with Crippen LogP contribution < -0.4 is 0 Å². The van der Waals surface area contributed by atoms with Gasteiger partial charge in [0.25, 0.3) is 0 Å². The number of rotatable bonds is 28. The van der Waals surface area contributed by atoms with E-state index >= 15 is 0 Å². The Hall–Kier alpha value is -1.03. The molecule has 0 aromatic rings. The Morgan fingerprint density at radius 1 is 0.651 bits per heavy atom. The molecule has 0 saturated carbocycles. The van der Waals surface area contributed by atoms with Gasteiger partial charge in [-0.05, 0) is 12.8 Å². The number of carbonyl (C=O) groups excluding carboxylic acids is 2. The van der Waals surface area contributed by atoms with Gasteiger partial charge in [0.05, 0.1) is 34.4 Å². The summed E-state index contributed by atoms with van der Waals surface area (Å²) in [4.78, 5) is 42.1. The van der Waals surface area contributed by atoms with Gasteiger partial charge in [0.2, 0.25) is 0 Å². The predicted molar refractivity (Wildman–Crippen MR) is 173 cm³/mol. The molecule has 0 radical (unpaired) electrons. The van der Waals surface area contributed by atoms with Crippen molar-refractivity contribution in [2.75, 3.05) is 47.5 Å². The standard InChI is InChI=1S/C27H53O8P.C5H14NO/c1-3-5-7-9-11-13-15-17-19-21-26(28)33-23-25(24-34-36(30,31)32)35-27(29)22-20-18-16-14-12-10-8-6-4-2;1-6(2,3)4-5-7/h25H,3-24H2,1-2H3,(H2,30,31,32);7H,4-5H2,1-3H3/q;+1/t25-;/m1./s1. The molecular weight excluding hydrogens is 573 g/mol. The van der Waals surface area contributed by atoms with E-state index in [1.165, 1.54) is 70.6 Å². The van der Waals surface area contributed by atoms with Gasteiger partial charge < -0.3 is 28.9 Å². The first-order valence-corrected chi connectivity index (χ1v) is 18.3. The molecule has 0 aliphatic carbocycles. The summed E-state index contributed by atoms with van der Waals surface area (Å²) < 4.78 is 26.8. The van der Waals surface area contributed by atoms with Gasteiger partial charge in [0.15, 0.2) is 6.10 Å². The third-order valence-corrected chi connectivity index (χ3v) is 7.38. The summed E-state index contributed by atoms with van der Waals surface area (Å²) in [5, 5.41) is 8.39. The Labute approximate surface area is 263 Å². The molecule has 0 saturated heterocycles. The van der Waals surface area contributed by atoms with Crippen molar-refractivity contribution in [2.24, 2.45) is 0 Å². The van der Waals surface area contributed by atoms with Crippen LogP contribution in [-0.4, -0.2) is 84.9 Å². The van der Waals surface area contributed by atoms with Gasteiger partial charge in [-0.1, -0.05) is 117 Å². The van der Waals surface area contributed by atoms with Crippen molar-refractivity contribution in [2.45, 2.75) is 148 Å². The average molecular weight is 641 g/mol. The molecule has 0 bridgehead atoms. The molecule has 0 heterocycles. The van der Waals surface area contributed by atoms with Gasteiger partial charge in [0.1, 0.15) is 13.2 Å². The van der Waals surface area contributed by atoms with Crippen LogP contribution in [0.5, 0.6) is 0 Å². The van der Waals surface area contributed by atoms with Crippen molar-refractivity contribution in [3.8, 4) is 0 Å². The highest BCUT2D eigenvalue weighted by Gasteiger charge is 2.22. The zero-order chi connectivity index (χ0) is 32.8. The van der Waals surface area contributed by atoms with E-state index < -0.39 is 32.5 Å². The number of aliphatic hydroxyl groups excluding tert-OH is 1. The van der Waals surface area contributed by atoms with Crippen molar-refractivity contribution < 1.29 is 47.5 Å². The summed E-state index contributed by atoms with van der Waals surface area (Å²) in [5.74, 6) is -0.888. The molecule has 0 fully saturated rings. The van der Waals surface area contributed by atoms with Gasteiger partial charge in [-0.3, -0.25) is 14.1 Å². The molecule has 3 N–H and O–H groups in total. The number of likely N-dealkylation sites (N-methyl/N-ethyl adjacent to an activating group) is 1. The molecule has 0 amide bonds. The van der Waals surface area contributed by atoms with E-state index in [1.807, 2.05) is 0 Å². The maximum Gasteiger partial charge on any atom is 0.469 e. The molecule has 258 valence electrons. The molecule has 1 atom stereocenters. The number of esters is 2. The molecular formula is C32H67NO9P+. The van der Waals surface area contributed by atoms with Gasteiger partial charge in [0, 0.05) is 12.8 Å². The summed E-state index contributed by atoms with van der Waals surface area (Å²) in [6.45, 7) is 4.71. The third kappa shape index (κ3) is 38.9. The number of quaternary nitrogens is 1. The highest BCUT2D eigenvalue weighted by atomic mass is 31.2. The number of carbonyl (C=O) groups is 2. The molecule has 0 aliphatic heterocycles. The van der Waals surface area contributed by atoms with Crippen molar-refractivity contribution >= 4 is 19.8 Å². The van der Waals surface area contributed by atoms with Crippen LogP contribution in [0.2, 0.25) is 0 Å². The van der Waals surface area contributed by atoms with Crippen molar-refractivity contribution in [3.05, 3.63) is 0 Å². The molecule has 11 heteroatoms. The van der Waals surface area contributed by atoms with Crippen LogP contribution in [0.15, 0.2) is 0 Å². The van der Waals surface area contributed by atoms with Crippen molar-refractivity contribution in [1.29, 1.82) is 0 Å². The normalized spacial score (nSPS) is 12.4. The SMILES string of the molecule is CCCCCCCCCCCC(=O)OC[C@H](COP(=O)(O)O)OC(=O)CCCCCCCCCCC.C[N+](C)(C)CCO. The van der Waals surface area contributed by atoms with E-state index in [-0.39, 0.29) is 26.1 Å². The maximum absolute atomic E-state index is 12.2. The van der Waals surface area contributed by atoms with Crippen molar-refractivity contribution in [1.82, 2.24) is 0 Å². The number of ether oxygens (including phenoxy) is 2. The third-order valence-electron chi connectivity index (χ3n) is 6.90.